The van der Waals surface area contributed by atoms with Gasteiger partial charge in [-0.05, 0) is 26.2 Å². The number of hydrogen-bond donors (Lipinski definition) is 2. The Hall–Kier alpha value is -1.43. The Morgan fingerprint density at radius 2 is 2.21 bits per heavy atom. The number of carbonyl (C=O) groups excluding carboxylic acids is 1. The Balaban J connectivity index is 1.64. The second kappa shape index (κ2) is 4.59. The monoisotopic (exact) mass is 263 g/mol. The Labute approximate surface area is 112 Å². The van der Waals surface area contributed by atoms with Crippen LogP contribution in [0.4, 0.5) is 0 Å². The van der Waals surface area contributed by atoms with Crippen LogP contribution >= 0.6 is 0 Å². The Morgan fingerprint density at radius 1 is 1.47 bits per heavy atom. The van der Waals surface area contributed by atoms with Crippen molar-refractivity contribution in [1.82, 2.24) is 20.1 Å². The van der Waals surface area contributed by atoms with Gasteiger partial charge < -0.3 is 11.1 Å². The zero-order valence-corrected chi connectivity index (χ0v) is 11.4. The van der Waals surface area contributed by atoms with Crippen molar-refractivity contribution in [1.29, 1.82) is 0 Å². The van der Waals surface area contributed by atoms with Crippen LogP contribution in [-0.4, -0.2) is 32.3 Å². The van der Waals surface area contributed by atoms with Gasteiger partial charge in [0.15, 0.2) is 0 Å². The van der Waals surface area contributed by atoms with Crippen LogP contribution in [0.25, 0.3) is 0 Å². The Morgan fingerprint density at radius 3 is 2.95 bits per heavy atom. The van der Waals surface area contributed by atoms with Crippen molar-refractivity contribution < 1.29 is 4.79 Å². The Kier molecular flexibility index (Phi) is 3.05. The lowest BCUT2D eigenvalue weighted by Crippen LogP contribution is -2.55. The number of fused-ring (bicyclic) bond motifs is 1. The molecule has 1 aromatic rings. The summed E-state index contributed by atoms with van der Waals surface area (Å²) in [4.78, 5) is 16.6. The average Bonchev–Trinajstić information content (AvgIpc) is 2.95. The highest BCUT2D eigenvalue weighted by Gasteiger charge is 2.38. The maximum Gasteiger partial charge on any atom is 0.240 e. The minimum Gasteiger partial charge on any atom is -0.350 e. The number of rotatable bonds is 2. The van der Waals surface area contributed by atoms with Crippen LogP contribution in [-0.2, 0) is 17.8 Å². The van der Waals surface area contributed by atoms with E-state index in [1.165, 1.54) is 0 Å². The topological polar surface area (TPSA) is 85.8 Å². The molecule has 1 unspecified atom stereocenters. The quantitative estimate of drug-likeness (QED) is 0.803. The molecule has 2 heterocycles. The summed E-state index contributed by atoms with van der Waals surface area (Å²) in [7, 11) is 0. The van der Waals surface area contributed by atoms with Crippen LogP contribution in [0.2, 0.25) is 0 Å². The van der Waals surface area contributed by atoms with E-state index in [-0.39, 0.29) is 11.9 Å². The van der Waals surface area contributed by atoms with Gasteiger partial charge in [0.1, 0.15) is 11.6 Å². The van der Waals surface area contributed by atoms with Crippen LogP contribution < -0.4 is 11.1 Å². The molecule has 0 bridgehead atoms. The Bertz CT molecular complexity index is 489. The number of aromatic nitrogens is 3. The van der Waals surface area contributed by atoms with E-state index in [0.29, 0.717) is 6.54 Å². The van der Waals surface area contributed by atoms with Crippen LogP contribution in [0.1, 0.15) is 43.8 Å². The van der Waals surface area contributed by atoms with Crippen molar-refractivity contribution in [3.05, 3.63) is 11.6 Å². The van der Waals surface area contributed by atoms with Gasteiger partial charge in [-0.3, -0.25) is 4.79 Å². The van der Waals surface area contributed by atoms with Gasteiger partial charge >= 0.3 is 0 Å². The average molecular weight is 263 g/mol. The molecular formula is C13H21N5O. The molecule has 0 aromatic carbocycles. The van der Waals surface area contributed by atoms with E-state index in [4.69, 9.17) is 5.73 Å². The second-order valence-corrected chi connectivity index (χ2v) is 5.83. The first kappa shape index (κ1) is 12.6. The molecule has 1 aliphatic heterocycles. The zero-order chi connectivity index (χ0) is 13.5. The molecule has 6 nitrogen and oxygen atoms in total. The van der Waals surface area contributed by atoms with Crippen LogP contribution in [0.3, 0.4) is 0 Å². The van der Waals surface area contributed by atoms with E-state index in [9.17, 15) is 4.79 Å². The van der Waals surface area contributed by atoms with Gasteiger partial charge in [0, 0.05) is 12.5 Å². The van der Waals surface area contributed by atoms with Gasteiger partial charge in [-0.25, -0.2) is 9.67 Å². The van der Waals surface area contributed by atoms with E-state index >= 15 is 0 Å². The largest absolute Gasteiger partial charge is 0.350 e. The molecule has 1 saturated carbocycles. The molecule has 1 atom stereocenters. The third kappa shape index (κ3) is 2.36. The number of nitrogens with zero attached hydrogens (tertiary/aromatic N) is 3. The van der Waals surface area contributed by atoms with E-state index in [2.05, 4.69) is 15.4 Å². The van der Waals surface area contributed by atoms with Gasteiger partial charge in [0.05, 0.1) is 12.1 Å². The standard InChI is InChI=1S/C13H21N5O/c1-9-15-11-5-4-10(8-18(11)17-9)16-12(19)13(14)6-2-3-7-13/h10H,2-8,14H2,1H3,(H,16,19). The summed E-state index contributed by atoms with van der Waals surface area (Å²) in [5, 5.41) is 7.45. The minimum absolute atomic E-state index is 0.00953. The molecule has 104 valence electrons. The molecule has 1 fully saturated rings. The summed E-state index contributed by atoms with van der Waals surface area (Å²) < 4.78 is 1.90. The molecule has 0 radical (unpaired) electrons. The number of nitrogens with two attached hydrogens (primary N) is 1. The second-order valence-electron chi connectivity index (χ2n) is 5.83. The lowest BCUT2D eigenvalue weighted by atomic mass is 9.97. The molecule has 3 N–H and O–H groups in total. The van der Waals surface area contributed by atoms with Gasteiger partial charge in [-0.15, -0.1) is 0 Å². The molecular weight excluding hydrogens is 242 g/mol. The van der Waals surface area contributed by atoms with E-state index in [1.54, 1.807) is 0 Å². The van der Waals surface area contributed by atoms with Crippen molar-refractivity contribution in [2.24, 2.45) is 5.73 Å². The number of nitrogens with one attached hydrogen (secondary N) is 1. The van der Waals surface area contributed by atoms with Gasteiger partial charge in [0.25, 0.3) is 0 Å². The first-order chi connectivity index (χ1) is 9.07. The van der Waals surface area contributed by atoms with Crippen molar-refractivity contribution in [2.45, 2.75) is 63.6 Å². The maximum atomic E-state index is 12.3. The molecule has 1 aromatic heterocycles. The summed E-state index contributed by atoms with van der Waals surface area (Å²) in [6.07, 6.45) is 5.50. The van der Waals surface area contributed by atoms with Crippen molar-refractivity contribution >= 4 is 5.91 Å². The summed E-state index contributed by atoms with van der Waals surface area (Å²) >= 11 is 0. The third-order valence-electron chi connectivity index (χ3n) is 4.25. The van der Waals surface area contributed by atoms with Gasteiger partial charge in [-0.1, -0.05) is 12.8 Å². The number of hydrogen-bond acceptors (Lipinski definition) is 4. The molecule has 0 saturated heterocycles. The van der Waals surface area contributed by atoms with Crippen molar-refractivity contribution in [2.75, 3.05) is 0 Å². The maximum absolute atomic E-state index is 12.3. The van der Waals surface area contributed by atoms with Crippen LogP contribution in [0.15, 0.2) is 0 Å². The summed E-state index contributed by atoms with van der Waals surface area (Å²) in [6.45, 7) is 2.60. The van der Waals surface area contributed by atoms with E-state index < -0.39 is 5.54 Å². The van der Waals surface area contributed by atoms with Crippen molar-refractivity contribution in [3.63, 3.8) is 0 Å². The van der Waals surface area contributed by atoms with Gasteiger partial charge in [0.2, 0.25) is 5.91 Å². The molecule has 3 rings (SSSR count). The van der Waals surface area contributed by atoms with Crippen LogP contribution in [0, 0.1) is 6.92 Å². The smallest absolute Gasteiger partial charge is 0.240 e. The predicted molar refractivity (Wildman–Crippen MR) is 70.4 cm³/mol. The fourth-order valence-electron chi connectivity index (χ4n) is 3.11. The highest BCUT2D eigenvalue weighted by Crippen LogP contribution is 2.27. The van der Waals surface area contributed by atoms with E-state index in [1.807, 2.05) is 11.6 Å². The minimum atomic E-state index is -0.640. The third-order valence-corrected chi connectivity index (χ3v) is 4.25. The first-order valence-electron chi connectivity index (χ1n) is 7.07. The molecule has 2 aliphatic rings. The SMILES string of the molecule is Cc1nc2n(n1)CC(NC(=O)C1(N)CCCC1)CC2. The highest BCUT2D eigenvalue weighted by molar-refractivity contribution is 5.86. The fraction of sp³-hybridized carbons (Fsp3) is 0.769. The number of aryl methyl sites for hydroxylation is 2. The molecule has 1 aliphatic carbocycles. The highest BCUT2D eigenvalue weighted by atomic mass is 16.2. The predicted octanol–water partition coefficient (Wildman–Crippen LogP) is 0.289. The zero-order valence-electron chi connectivity index (χ0n) is 11.4. The first-order valence-corrected chi connectivity index (χ1v) is 7.07. The summed E-state index contributed by atoms with van der Waals surface area (Å²) in [5.74, 6) is 1.83. The van der Waals surface area contributed by atoms with E-state index in [0.717, 1.165) is 50.2 Å². The number of amides is 1. The molecule has 6 heteroatoms. The lowest BCUT2D eigenvalue weighted by Gasteiger charge is -2.28. The number of carbonyl (C=O) groups is 1. The summed E-state index contributed by atoms with van der Waals surface area (Å²) in [6, 6.07) is 0.127. The molecule has 0 spiro atoms. The van der Waals surface area contributed by atoms with Crippen molar-refractivity contribution in [3.8, 4) is 0 Å². The molecule has 1 amide bonds. The lowest BCUT2D eigenvalue weighted by molar-refractivity contribution is -0.127. The normalized spacial score (nSPS) is 25.1. The summed E-state index contributed by atoms with van der Waals surface area (Å²) in [5.41, 5.74) is 5.53. The fourth-order valence-corrected chi connectivity index (χ4v) is 3.11. The molecule has 19 heavy (non-hydrogen) atoms. The van der Waals surface area contributed by atoms with Gasteiger partial charge in [-0.2, -0.15) is 5.10 Å². The van der Waals surface area contributed by atoms with Crippen LogP contribution in [0.5, 0.6) is 0 Å².